The predicted octanol–water partition coefficient (Wildman–Crippen LogP) is 2.15. The number of carbonyl (C=O) groups is 2. The third-order valence-electron chi connectivity index (χ3n) is 6.81. The van der Waals surface area contributed by atoms with Crippen LogP contribution in [0.5, 0.6) is 0 Å². The van der Waals surface area contributed by atoms with Crippen LogP contribution in [-0.2, 0) is 18.4 Å². The van der Waals surface area contributed by atoms with E-state index in [0.717, 1.165) is 51.0 Å². The molecule has 0 bridgehead atoms. The van der Waals surface area contributed by atoms with Gasteiger partial charge in [0.05, 0.1) is 5.92 Å². The molecule has 1 N–H and O–H groups in total. The van der Waals surface area contributed by atoms with Crippen LogP contribution >= 0.6 is 0 Å². The van der Waals surface area contributed by atoms with E-state index in [4.69, 9.17) is 0 Å². The number of aryl methyl sites for hydroxylation is 2. The summed E-state index contributed by atoms with van der Waals surface area (Å²) in [6.07, 6.45) is 8.68. The molecule has 0 radical (unpaired) electrons. The average Bonchev–Trinajstić information content (AvgIpc) is 3.13. The first kappa shape index (κ1) is 22.5. The van der Waals surface area contributed by atoms with Crippen LogP contribution in [0.2, 0.25) is 0 Å². The first-order chi connectivity index (χ1) is 15.5. The molecule has 4 heterocycles. The second-order valence-corrected chi connectivity index (χ2v) is 9.04. The van der Waals surface area contributed by atoms with Crippen LogP contribution in [0.15, 0.2) is 30.6 Å². The van der Waals surface area contributed by atoms with E-state index in [1.54, 1.807) is 4.68 Å². The highest BCUT2D eigenvalue weighted by molar-refractivity contribution is 5.92. The van der Waals surface area contributed by atoms with Gasteiger partial charge in [0.15, 0.2) is 5.69 Å². The highest BCUT2D eigenvalue weighted by Gasteiger charge is 2.39. The summed E-state index contributed by atoms with van der Waals surface area (Å²) in [4.78, 5) is 34.8. The molecule has 2 aliphatic rings. The number of fused-ring (bicyclic) bond motifs is 1. The minimum absolute atomic E-state index is 0.0243. The van der Waals surface area contributed by atoms with Crippen LogP contribution in [0.4, 0.5) is 0 Å². The molecule has 2 aliphatic heterocycles. The van der Waals surface area contributed by atoms with Crippen molar-refractivity contribution in [1.29, 1.82) is 0 Å². The van der Waals surface area contributed by atoms with Gasteiger partial charge in [-0.25, -0.2) is 0 Å². The maximum Gasteiger partial charge on any atom is 0.274 e. The summed E-state index contributed by atoms with van der Waals surface area (Å²) in [6, 6.07) is 5.88. The molecule has 0 unspecified atom stereocenters. The Morgan fingerprint density at radius 2 is 1.94 bits per heavy atom. The zero-order chi connectivity index (χ0) is 22.5. The Morgan fingerprint density at radius 3 is 2.69 bits per heavy atom. The summed E-state index contributed by atoms with van der Waals surface area (Å²) in [6.45, 7) is 5.47. The van der Waals surface area contributed by atoms with E-state index in [0.29, 0.717) is 25.2 Å². The van der Waals surface area contributed by atoms with Crippen LogP contribution < -0.4 is 5.32 Å². The minimum atomic E-state index is -0.121. The predicted molar refractivity (Wildman–Crippen MR) is 122 cm³/mol. The first-order valence-corrected chi connectivity index (χ1v) is 11.7. The molecule has 0 aromatic carbocycles. The fourth-order valence-corrected chi connectivity index (χ4v) is 4.84. The Hall–Kier alpha value is -2.74. The van der Waals surface area contributed by atoms with Gasteiger partial charge in [-0.15, -0.1) is 0 Å². The number of nitrogens with one attached hydrogen (secondary N) is 1. The van der Waals surface area contributed by atoms with E-state index in [-0.39, 0.29) is 23.8 Å². The van der Waals surface area contributed by atoms with Crippen molar-refractivity contribution in [2.75, 3.05) is 26.2 Å². The summed E-state index contributed by atoms with van der Waals surface area (Å²) in [7, 11) is 1.85. The van der Waals surface area contributed by atoms with Gasteiger partial charge in [-0.1, -0.05) is 12.8 Å². The molecule has 2 atom stereocenters. The maximum absolute atomic E-state index is 13.2. The van der Waals surface area contributed by atoms with Crippen LogP contribution in [-0.4, -0.2) is 68.6 Å². The fraction of sp³-hybridized carbons (Fsp3) is 0.583. The van der Waals surface area contributed by atoms with Crippen molar-refractivity contribution in [2.45, 2.75) is 51.6 Å². The Balaban J connectivity index is 1.59. The lowest BCUT2D eigenvalue weighted by Gasteiger charge is -2.43. The Kier molecular flexibility index (Phi) is 7.19. The monoisotopic (exact) mass is 438 g/mol. The zero-order valence-electron chi connectivity index (χ0n) is 19.2. The normalized spacial score (nSPS) is 23.2. The van der Waals surface area contributed by atoms with E-state index in [1.807, 2.05) is 49.5 Å². The summed E-state index contributed by atoms with van der Waals surface area (Å²) in [5, 5.41) is 7.55. The topological polar surface area (TPSA) is 83.4 Å². The molecular formula is C24H34N6O2. The van der Waals surface area contributed by atoms with Crippen molar-refractivity contribution in [3.63, 3.8) is 0 Å². The van der Waals surface area contributed by atoms with Gasteiger partial charge in [0.25, 0.3) is 5.91 Å². The van der Waals surface area contributed by atoms with Crippen molar-refractivity contribution < 1.29 is 9.59 Å². The van der Waals surface area contributed by atoms with Crippen molar-refractivity contribution in [1.82, 2.24) is 29.9 Å². The molecule has 4 rings (SSSR count). The molecule has 0 saturated carbocycles. The number of pyridine rings is 1. The lowest BCUT2D eigenvalue weighted by Crippen LogP contribution is -2.57. The Bertz CT molecular complexity index is 908. The highest BCUT2D eigenvalue weighted by atomic mass is 16.2. The molecule has 32 heavy (non-hydrogen) atoms. The molecule has 0 aliphatic carbocycles. The van der Waals surface area contributed by atoms with E-state index in [1.165, 1.54) is 5.56 Å². The fourth-order valence-electron chi connectivity index (χ4n) is 4.84. The lowest BCUT2D eigenvalue weighted by molar-refractivity contribution is -0.129. The van der Waals surface area contributed by atoms with Gasteiger partial charge < -0.3 is 10.2 Å². The van der Waals surface area contributed by atoms with Crippen molar-refractivity contribution in [2.24, 2.45) is 13.0 Å². The molecule has 172 valence electrons. The summed E-state index contributed by atoms with van der Waals surface area (Å²) in [5.41, 5.74) is 2.61. The Labute approximate surface area is 190 Å². The molecule has 2 saturated heterocycles. The third-order valence-corrected chi connectivity index (χ3v) is 6.81. The van der Waals surface area contributed by atoms with Crippen LogP contribution in [0, 0.1) is 12.8 Å². The zero-order valence-corrected chi connectivity index (χ0v) is 19.2. The number of likely N-dealkylation sites (tertiary alicyclic amines) is 1. The van der Waals surface area contributed by atoms with Gasteiger partial charge in [0.1, 0.15) is 0 Å². The minimum Gasteiger partial charge on any atom is -0.356 e. The van der Waals surface area contributed by atoms with Gasteiger partial charge in [-0.3, -0.25) is 24.2 Å². The SMILES string of the molecule is Cc1cc(C(=O)N2CC[C@H]3C(=O)NCCCCCCN(Cc4ccncc4)[C@@H]3C2)nn1C. The summed E-state index contributed by atoms with van der Waals surface area (Å²) >= 11 is 0. The maximum atomic E-state index is 13.2. The quantitative estimate of drug-likeness (QED) is 0.794. The van der Waals surface area contributed by atoms with Gasteiger partial charge in [0, 0.05) is 57.4 Å². The lowest BCUT2D eigenvalue weighted by atomic mass is 9.88. The molecule has 2 aromatic rings. The molecule has 8 heteroatoms. The third kappa shape index (κ3) is 5.18. The number of aromatic nitrogens is 3. The number of hydrogen-bond acceptors (Lipinski definition) is 5. The molecule has 2 amide bonds. The molecule has 2 aromatic heterocycles. The second-order valence-electron chi connectivity index (χ2n) is 9.04. The van der Waals surface area contributed by atoms with Crippen molar-refractivity contribution in [3.8, 4) is 0 Å². The number of carbonyl (C=O) groups excluding carboxylic acids is 2. The standard InChI is InChI=1S/C24H34N6O2/c1-18-15-21(27-28(18)2)24(32)30-14-9-20-22(17-30)29(16-19-7-11-25-12-8-19)13-6-4-3-5-10-26-23(20)31/h7-8,11-12,15,20,22H,3-6,9-10,13-14,16-17H2,1-2H3,(H,26,31)/t20-,22-/m1/s1. The van der Waals surface area contributed by atoms with Crippen LogP contribution in [0.3, 0.4) is 0 Å². The van der Waals surface area contributed by atoms with E-state index in [2.05, 4.69) is 20.3 Å². The van der Waals surface area contributed by atoms with Crippen LogP contribution in [0.1, 0.15) is 53.8 Å². The average molecular weight is 439 g/mol. The number of piperidine rings is 1. The van der Waals surface area contributed by atoms with Gasteiger partial charge in [0.2, 0.25) is 5.91 Å². The number of rotatable bonds is 3. The van der Waals surface area contributed by atoms with Crippen molar-refractivity contribution >= 4 is 11.8 Å². The van der Waals surface area contributed by atoms with Gasteiger partial charge in [-0.2, -0.15) is 5.10 Å². The first-order valence-electron chi connectivity index (χ1n) is 11.7. The largest absolute Gasteiger partial charge is 0.356 e. The summed E-state index contributed by atoms with van der Waals surface area (Å²) < 4.78 is 1.73. The highest BCUT2D eigenvalue weighted by Crippen LogP contribution is 2.27. The number of nitrogens with zero attached hydrogens (tertiary/aromatic N) is 5. The molecule has 2 fully saturated rings. The Morgan fingerprint density at radius 1 is 1.16 bits per heavy atom. The number of amides is 2. The van der Waals surface area contributed by atoms with E-state index in [9.17, 15) is 9.59 Å². The second kappa shape index (κ2) is 10.3. The molecule has 0 spiro atoms. The molecule has 8 nitrogen and oxygen atoms in total. The van der Waals surface area contributed by atoms with Gasteiger partial charge >= 0.3 is 0 Å². The van der Waals surface area contributed by atoms with Gasteiger partial charge in [-0.05, 0) is 56.5 Å². The van der Waals surface area contributed by atoms with Crippen LogP contribution in [0.25, 0.3) is 0 Å². The molecular weight excluding hydrogens is 404 g/mol. The smallest absolute Gasteiger partial charge is 0.274 e. The summed E-state index contributed by atoms with van der Waals surface area (Å²) in [5.74, 6) is -0.0485. The van der Waals surface area contributed by atoms with E-state index >= 15 is 0 Å². The van der Waals surface area contributed by atoms with Crippen molar-refractivity contribution in [3.05, 3.63) is 47.5 Å². The van der Waals surface area contributed by atoms with E-state index < -0.39 is 0 Å². The number of hydrogen-bond donors (Lipinski definition) is 1.